The summed E-state index contributed by atoms with van der Waals surface area (Å²) < 4.78 is 0. The molecule has 0 fully saturated rings. The average Bonchev–Trinajstić information content (AvgIpc) is 2.60. The smallest absolute Gasteiger partial charge is 0.0716 e. The molecule has 2 aromatic heterocycles. The lowest BCUT2D eigenvalue weighted by Gasteiger charge is -2.07. The van der Waals surface area contributed by atoms with Gasteiger partial charge in [0.2, 0.25) is 0 Å². The molecular weight excluding hydrogens is 268 g/mol. The Bertz CT molecular complexity index is 1080. The maximum Gasteiger partial charge on any atom is 0.0716 e. The number of aromatic nitrogens is 2. The van der Waals surface area contributed by atoms with Crippen LogP contribution in [0.1, 0.15) is 0 Å². The molecule has 2 heteroatoms. The van der Waals surface area contributed by atoms with E-state index in [9.17, 15) is 0 Å². The first-order valence-corrected chi connectivity index (χ1v) is 7.35. The molecule has 102 valence electrons. The Hall–Kier alpha value is -3.00. The van der Waals surface area contributed by atoms with E-state index in [-0.39, 0.29) is 0 Å². The molecule has 0 atom stereocenters. The number of rotatable bonds is 0. The molecule has 0 radical (unpaired) electrons. The molecule has 0 saturated carbocycles. The Kier molecular flexibility index (Phi) is 2.25. The summed E-state index contributed by atoms with van der Waals surface area (Å²) in [6.45, 7) is 0. The van der Waals surface area contributed by atoms with E-state index in [1.807, 2.05) is 24.5 Å². The van der Waals surface area contributed by atoms with E-state index in [2.05, 4.69) is 58.5 Å². The first kappa shape index (κ1) is 11.6. The van der Waals surface area contributed by atoms with Crippen molar-refractivity contribution in [1.29, 1.82) is 0 Å². The minimum Gasteiger partial charge on any atom is -0.256 e. The van der Waals surface area contributed by atoms with E-state index in [1.165, 1.54) is 10.8 Å². The van der Waals surface area contributed by atoms with Gasteiger partial charge in [0.15, 0.2) is 0 Å². The van der Waals surface area contributed by atoms with Crippen molar-refractivity contribution in [2.24, 2.45) is 0 Å². The van der Waals surface area contributed by atoms with Crippen molar-refractivity contribution < 1.29 is 0 Å². The molecule has 2 nitrogen and oxygen atoms in total. The molecule has 0 unspecified atom stereocenters. The molecule has 0 aliphatic carbocycles. The first-order chi connectivity index (χ1) is 10.9. The van der Waals surface area contributed by atoms with Gasteiger partial charge in [0.1, 0.15) is 0 Å². The minimum absolute atomic E-state index is 1.02. The predicted octanol–water partition coefficient (Wildman–Crippen LogP) is 5.09. The zero-order valence-corrected chi connectivity index (χ0v) is 11.8. The van der Waals surface area contributed by atoms with Gasteiger partial charge in [0, 0.05) is 33.9 Å². The van der Waals surface area contributed by atoms with Crippen LogP contribution in [0.25, 0.3) is 43.4 Å². The summed E-state index contributed by atoms with van der Waals surface area (Å²) in [5.74, 6) is 0. The highest BCUT2D eigenvalue weighted by molar-refractivity contribution is 6.14. The summed E-state index contributed by atoms with van der Waals surface area (Å²) in [4.78, 5) is 9.28. The monoisotopic (exact) mass is 280 g/mol. The fourth-order valence-electron chi connectivity index (χ4n) is 3.21. The van der Waals surface area contributed by atoms with E-state index in [4.69, 9.17) is 0 Å². The van der Waals surface area contributed by atoms with E-state index in [0.29, 0.717) is 0 Å². The highest BCUT2D eigenvalue weighted by Gasteiger charge is 2.07. The van der Waals surface area contributed by atoms with Crippen LogP contribution in [0, 0.1) is 0 Å². The van der Waals surface area contributed by atoms with Crippen molar-refractivity contribution in [2.75, 3.05) is 0 Å². The zero-order chi connectivity index (χ0) is 14.5. The maximum absolute atomic E-state index is 4.64. The van der Waals surface area contributed by atoms with Gasteiger partial charge in [-0.3, -0.25) is 9.97 Å². The number of hydrogen-bond donors (Lipinski definition) is 0. The normalized spacial score (nSPS) is 11.6. The molecule has 0 bridgehead atoms. The fourth-order valence-corrected chi connectivity index (χ4v) is 3.21. The van der Waals surface area contributed by atoms with E-state index < -0.39 is 0 Å². The van der Waals surface area contributed by atoms with Gasteiger partial charge in [-0.2, -0.15) is 0 Å². The third-order valence-corrected chi connectivity index (χ3v) is 4.30. The SMILES string of the molecule is c1ccc2c(c1)cnc1cc3c(cc12)ncc1ccccc13. The second-order valence-corrected chi connectivity index (χ2v) is 5.58. The van der Waals surface area contributed by atoms with Crippen molar-refractivity contribution >= 4 is 43.4 Å². The lowest BCUT2D eigenvalue weighted by molar-refractivity contribution is 1.43. The summed E-state index contributed by atoms with van der Waals surface area (Å²) in [5.41, 5.74) is 2.04. The predicted molar refractivity (Wildman–Crippen MR) is 92.1 cm³/mol. The van der Waals surface area contributed by atoms with Crippen molar-refractivity contribution in [1.82, 2.24) is 9.97 Å². The van der Waals surface area contributed by atoms with Gasteiger partial charge in [-0.15, -0.1) is 0 Å². The molecule has 5 rings (SSSR count). The third kappa shape index (κ3) is 1.55. The van der Waals surface area contributed by atoms with Crippen LogP contribution < -0.4 is 0 Å². The largest absolute Gasteiger partial charge is 0.256 e. The van der Waals surface area contributed by atoms with Crippen molar-refractivity contribution in [3.8, 4) is 0 Å². The van der Waals surface area contributed by atoms with Crippen LogP contribution in [0.15, 0.2) is 73.1 Å². The van der Waals surface area contributed by atoms with E-state index in [0.717, 1.165) is 32.6 Å². The first-order valence-electron chi connectivity index (χ1n) is 7.35. The number of benzene rings is 3. The summed E-state index contributed by atoms with van der Waals surface area (Å²) in [7, 11) is 0. The lowest BCUT2D eigenvalue weighted by atomic mass is 10.0. The second-order valence-electron chi connectivity index (χ2n) is 5.58. The van der Waals surface area contributed by atoms with Crippen molar-refractivity contribution in [2.45, 2.75) is 0 Å². The average molecular weight is 280 g/mol. The molecule has 2 heterocycles. The minimum atomic E-state index is 1.02. The van der Waals surface area contributed by atoms with Crippen molar-refractivity contribution in [3.63, 3.8) is 0 Å². The number of hydrogen-bond acceptors (Lipinski definition) is 2. The fraction of sp³-hybridized carbons (Fsp3) is 0. The standard InChI is InChI=1S/C20H12N2/c1-3-7-15-13(5-1)11-21-19-10-18-16-8-4-2-6-14(16)12-22-20(18)9-17(15)19/h1-12H. The molecule has 22 heavy (non-hydrogen) atoms. The molecule has 0 amide bonds. The summed E-state index contributed by atoms with van der Waals surface area (Å²) in [5, 5.41) is 7.10. The van der Waals surface area contributed by atoms with Gasteiger partial charge in [-0.1, -0.05) is 48.5 Å². The van der Waals surface area contributed by atoms with Crippen LogP contribution in [-0.2, 0) is 0 Å². The molecule has 3 aromatic carbocycles. The summed E-state index contributed by atoms with van der Waals surface area (Å²) in [6.07, 6.45) is 3.89. The zero-order valence-electron chi connectivity index (χ0n) is 11.8. The molecule has 0 spiro atoms. The molecular formula is C20H12N2. The highest BCUT2D eigenvalue weighted by Crippen LogP contribution is 2.30. The molecule has 0 N–H and O–H groups in total. The Morgan fingerprint density at radius 1 is 0.500 bits per heavy atom. The topological polar surface area (TPSA) is 25.8 Å². The van der Waals surface area contributed by atoms with Gasteiger partial charge < -0.3 is 0 Å². The number of pyridine rings is 2. The molecule has 0 aliphatic rings. The Labute approximate surface area is 127 Å². The van der Waals surface area contributed by atoms with Crippen LogP contribution in [-0.4, -0.2) is 9.97 Å². The van der Waals surface area contributed by atoms with E-state index >= 15 is 0 Å². The summed E-state index contributed by atoms with van der Waals surface area (Å²) in [6, 6.07) is 21.0. The van der Waals surface area contributed by atoms with Gasteiger partial charge >= 0.3 is 0 Å². The molecule has 0 aliphatic heterocycles. The molecule has 0 saturated heterocycles. The Balaban J connectivity index is 2.02. The van der Waals surface area contributed by atoms with Crippen LogP contribution >= 0.6 is 0 Å². The second kappa shape index (κ2) is 4.25. The number of nitrogens with zero attached hydrogens (tertiary/aromatic N) is 2. The van der Waals surface area contributed by atoms with Gasteiger partial charge in [0.05, 0.1) is 11.0 Å². The van der Waals surface area contributed by atoms with Gasteiger partial charge in [-0.05, 0) is 22.9 Å². The quantitative estimate of drug-likeness (QED) is 0.292. The van der Waals surface area contributed by atoms with Gasteiger partial charge in [-0.25, -0.2) is 0 Å². The van der Waals surface area contributed by atoms with Crippen LogP contribution in [0.5, 0.6) is 0 Å². The Morgan fingerprint density at radius 3 is 1.45 bits per heavy atom. The van der Waals surface area contributed by atoms with E-state index in [1.54, 1.807) is 0 Å². The van der Waals surface area contributed by atoms with Crippen LogP contribution in [0.2, 0.25) is 0 Å². The third-order valence-electron chi connectivity index (χ3n) is 4.30. The lowest BCUT2D eigenvalue weighted by Crippen LogP contribution is -1.86. The van der Waals surface area contributed by atoms with Gasteiger partial charge in [0.25, 0.3) is 0 Å². The number of fused-ring (bicyclic) bond motifs is 6. The maximum atomic E-state index is 4.64. The highest BCUT2D eigenvalue weighted by atomic mass is 14.7. The summed E-state index contributed by atoms with van der Waals surface area (Å²) >= 11 is 0. The van der Waals surface area contributed by atoms with Crippen molar-refractivity contribution in [3.05, 3.63) is 73.1 Å². The van der Waals surface area contributed by atoms with Crippen LogP contribution in [0.4, 0.5) is 0 Å². The van der Waals surface area contributed by atoms with Crippen LogP contribution in [0.3, 0.4) is 0 Å². The Morgan fingerprint density at radius 2 is 0.955 bits per heavy atom. The molecule has 5 aromatic rings.